The second-order valence-corrected chi connectivity index (χ2v) is 7.25. The van der Waals surface area contributed by atoms with E-state index in [0.29, 0.717) is 0 Å². The zero-order valence-electron chi connectivity index (χ0n) is 13.9. The van der Waals surface area contributed by atoms with Gasteiger partial charge in [0.15, 0.2) is 0 Å². The van der Waals surface area contributed by atoms with E-state index < -0.39 is 0 Å². The molecule has 2 rings (SSSR count). The quantitative estimate of drug-likeness (QED) is 0.717. The molecule has 0 aromatic heterocycles. The van der Waals surface area contributed by atoms with Gasteiger partial charge in [-0.3, -0.25) is 0 Å². The van der Waals surface area contributed by atoms with Crippen LogP contribution in [0.4, 0.5) is 0 Å². The van der Waals surface area contributed by atoms with Gasteiger partial charge in [0, 0.05) is 6.04 Å². The summed E-state index contributed by atoms with van der Waals surface area (Å²) in [6.45, 7) is 9.84. The number of rotatable bonds is 8. The molecule has 0 radical (unpaired) electrons. The van der Waals surface area contributed by atoms with Crippen LogP contribution in [0.25, 0.3) is 0 Å². The molecule has 1 saturated carbocycles. The van der Waals surface area contributed by atoms with Crippen LogP contribution in [0.5, 0.6) is 0 Å². The molecule has 1 spiro atoms. The summed E-state index contributed by atoms with van der Waals surface area (Å²) in [5.74, 6) is 0. The van der Waals surface area contributed by atoms with Gasteiger partial charge in [-0.1, -0.05) is 26.7 Å². The predicted molar refractivity (Wildman–Crippen MR) is 88.2 cm³/mol. The Hall–Kier alpha value is -0.0800. The van der Waals surface area contributed by atoms with Crippen molar-refractivity contribution in [3.8, 4) is 0 Å². The first-order valence-electron chi connectivity index (χ1n) is 9.24. The van der Waals surface area contributed by atoms with E-state index in [1.54, 1.807) is 0 Å². The summed E-state index contributed by atoms with van der Waals surface area (Å²) >= 11 is 0. The van der Waals surface area contributed by atoms with Gasteiger partial charge in [0.1, 0.15) is 0 Å². The highest BCUT2D eigenvalue weighted by atomic mass is 15.1. The molecule has 1 heterocycles. The third-order valence-electron chi connectivity index (χ3n) is 5.78. The van der Waals surface area contributed by atoms with Crippen LogP contribution in [0.2, 0.25) is 0 Å². The van der Waals surface area contributed by atoms with Crippen LogP contribution in [-0.2, 0) is 0 Å². The number of nitrogens with one attached hydrogen (secondary N) is 1. The first kappa shape index (κ1) is 16.3. The second-order valence-electron chi connectivity index (χ2n) is 7.25. The van der Waals surface area contributed by atoms with E-state index in [-0.39, 0.29) is 0 Å². The van der Waals surface area contributed by atoms with Crippen molar-refractivity contribution in [1.82, 2.24) is 10.2 Å². The van der Waals surface area contributed by atoms with E-state index >= 15 is 0 Å². The lowest BCUT2D eigenvalue weighted by Crippen LogP contribution is -2.39. The average Bonchev–Trinajstić information content (AvgIpc) is 2.93. The fraction of sp³-hybridized carbons (Fsp3) is 1.00. The molecule has 0 amide bonds. The fourth-order valence-corrected chi connectivity index (χ4v) is 4.24. The molecule has 0 bridgehead atoms. The second kappa shape index (κ2) is 8.38. The molecule has 1 saturated heterocycles. The Morgan fingerprint density at radius 1 is 1.05 bits per heavy atom. The molecule has 1 atom stereocenters. The Morgan fingerprint density at radius 3 is 2.35 bits per heavy atom. The van der Waals surface area contributed by atoms with Crippen molar-refractivity contribution in [2.24, 2.45) is 5.41 Å². The van der Waals surface area contributed by atoms with Crippen LogP contribution < -0.4 is 5.32 Å². The number of likely N-dealkylation sites (tertiary alicyclic amines) is 1. The van der Waals surface area contributed by atoms with Gasteiger partial charge < -0.3 is 10.2 Å². The maximum Gasteiger partial charge on any atom is 0.00649 e. The smallest absolute Gasteiger partial charge is 0.00649 e. The molecule has 1 aliphatic carbocycles. The van der Waals surface area contributed by atoms with Gasteiger partial charge in [-0.05, 0) is 83.0 Å². The molecule has 1 N–H and O–H groups in total. The molecular weight excluding hydrogens is 244 g/mol. The Kier molecular flexibility index (Phi) is 6.83. The summed E-state index contributed by atoms with van der Waals surface area (Å²) < 4.78 is 0. The summed E-state index contributed by atoms with van der Waals surface area (Å²) in [6.07, 6.45) is 14.3. The zero-order chi connectivity index (χ0) is 14.3. The number of nitrogens with zero attached hydrogens (tertiary/aromatic N) is 1. The minimum absolute atomic E-state index is 0.751. The van der Waals surface area contributed by atoms with Crippen LogP contribution in [0.1, 0.15) is 78.1 Å². The summed E-state index contributed by atoms with van der Waals surface area (Å²) in [6, 6.07) is 0.751. The molecular formula is C18H36N2. The highest BCUT2D eigenvalue weighted by Crippen LogP contribution is 2.46. The zero-order valence-corrected chi connectivity index (χ0v) is 13.9. The van der Waals surface area contributed by atoms with Gasteiger partial charge >= 0.3 is 0 Å². The molecule has 20 heavy (non-hydrogen) atoms. The molecule has 118 valence electrons. The Labute approximate surface area is 126 Å². The monoisotopic (exact) mass is 280 g/mol. The molecule has 2 nitrogen and oxygen atoms in total. The normalized spacial score (nSPS) is 24.3. The summed E-state index contributed by atoms with van der Waals surface area (Å²) in [4.78, 5) is 2.73. The van der Waals surface area contributed by atoms with Crippen LogP contribution in [0.3, 0.4) is 0 Å². The van der Waals surface area contributed by atoms with E-state index in [1.165, 1.54) is 90.4 Å². The minimum Gasteiger partial charge on any atom is -0.314 e. The van der Waals surface area contributed by atoms with Gasteiger partial charge in [-0.15, -0.1) is 0 Å². The average molecular weight is 280 g/mol. The van der Waals surface area contributed by atoms with Crippen molar-refractivity contribution < 1.29 is 0 Å². The largest absolute Gasteiger partial charge is 0.314 e. The molecule has 1 unspecified atom stereocenters. The van der Waals surface area contributed by atoms with E-state index in [1.807, 2.05) is 0 Å². The summed E-state index contributed by atoms with van der Waals surface area (Å²) in [5.41, 5.74) is 0.783. The third-order valence-corrected chi connectivity index (χ3v) is 5.78. The SMILES string of the molecule is CCCNC(CC)CCCN1CCC2(CCCC2)CC1. The van der Waals surface area contributed by atoms with Crippen LogP contribution >= 0.6 is 0 Å². The van der Waals surface area contributed by atoms with E-state index in [2.05, 4.69) is 24.1 Å². The van der Waals surface area contributed by atoms with Crippen LogP contribution in [0, 0.1) is 5.41 Å². The first-order chi connectivity index (χ1) is 9.78. The Morgan fingerprint density at radius 2 is 1.75 bits per heavy atom. The predicted octanol–water partition coefficient (Wildman–Crippen LogP) is 4.20. The third kappa shape index (κ3) is 4.73. The van der Waals surface area contributed by atoms with E-state index in [0.717, 1.165) is 11.5 Å². The Balaban J connectivity index is 1.58. The number of piperidine rings is 1. The number of hydrogen-bond donors (Lipinski definition) is 1. The lowest BCUT2D eigenvalue weighted by atomic mass is 9.77. The lowest BCUT2D eigenvalue weighted by Gasteiger charge is -2.39. The van der Waals surface area contributed by atoms with Crippen molar-refractivity contribution >= 4 is 0 Å². The Bertz CT molecular complexity index is 248. The fourth-order valence-electron chi connectivity index (χ4n) is 4.24. The van der Waals surface area contributed by atoms with E-state index in [4.69, 9.17) is 0 Å². The van der Waals surface area contributed by atoms with Crippen LogP contribution in [0.15, 0.2) is 0 Å². The van der Waals surface area contributed by atoms with Gasteiger partial charge in [0.2, 0.25) is 0 Å². The highest BCUT2D eigenvalue weighted by molar-refractivity contribution is 4.89. The van der Waals surface area contributed by atoms with Gasteiger partial charge in [0.25, 0.3) is 0 Å². The summed E-state index contributed by atoms with van der Waals surface area (Å²) in [5, 5.41) is 3.68. The van der Waals surface area contributed by atoms with Crippen molar-refractivity contribution in [3.05, 3.63) is 0 Å². The van der Waals surface area contributed by atoms with Crippen LogP contribution in [-0.4, -0.2) is 37.1 Å². The molecule has 0 aromatic rings. The standard InChI is InChI=1S/C18H36N2/c1-3-13-19-17(4-2)8-7-14-20-15-11-18(12-16-20)9-5-6-10-18/h17,19H,3-16H2,1-2H3. The highest BCUT2D eigenvalue weighted by Gasteiger charge is 2.36. The minimum atomic E-state index is 0.751. The van der Waals surface area contributed by atoms with Crippen molar-refractivity contribution in [2.45, 2.75) is 84.1 Å². The topological polar surface area (TPSA) is 15.3 Å². The summed E-state index contributed by atoms with van der Waals surface area (Å²) in [7, 11) is 0. The van der Waals surface area contributed by atoms with Gasteiger partial charge in [0.05, 0.1) is 0 Å². The van der Waals surface area contributed by atoms with E-state index in [9.17, 15) is 0 Å². The maximum atomic E-state index is 3.68. The van der Waals surface area contributed by atoms with Gasteiger partial charge in [-0.2, -0.15) is 0 Å². The molecule has 2 aliphatic rings. The molecule has 0 aromatic carbocycles. The number of hydrogen-bond acceptors (Lipinski definition) is 2. The molecule has 2 fully saturated rings. The van der Waals surface area contributed by atoms with Crippen molar-refractivity contribution in [2.75, 3.05) is 26.2 Å². The van der Waals surface area contributed by atoms with Gasteiger partial charge in [-0.25, -0.2) is 0 Å². The van der Waals surface area contributed by atoms with Crippen molar-refractivity contribution in [3.63, 3.8) is 0 Å². The molecule has 1 aliphatic heterocycles. The van der Waals surface area contributed by atoms with Crippen molar-refractivity contribution in [1.29, 1.82) is 0 Å². The molecule has 2 heteroatoms. The first-order valence-corrected chi connectivity index (χ1v) is 9.24. The lowest BCUT2D eigenvalue weighted by molar-refractivity contribution is 0.106. The maximum absolute atomic E-state index is 3.68.